The van der Waals surface area contributed by atoms with E-state index in [1.165, 1.54) is 62.2 Å². The maximum Gasteiger partial charge on any atom is 0.119 e. The zero-order valence-electron chi connectivity index (χ0n) is 11.8. The van der Waals surface area contributed by atoms with Crippen LogP contribution in [0.25, 0.3) is 10.9 Å². The quantitative estimate of drug-likeness (QED) is 0.872. The van der Waals surface area contributed by atoms with Gasteiger partial charge in [-0.15, -0.1) is 0 Å². The van der Waals surface area contributed by atoms with Gasteiger partial charge in [-0.1, -0.05) is 12.1 Å². The van der Waals surface area contributed by atoms with Crippen molar-refractivity contribution in [1.82, 2.24) is 9.69 Å². The van der Waals surface area contributed by atoms with Gasteiger partial charge in [0, 0.05) is 30.4 Å². The van der Waals surface area contributed by atoms with Crippen molar-refractivity contribution in [1.29, 1.82) is 0 Å². The van der Waals surface area contributed by atoms with Gasteiger partial charge in [0.15, 0.2) is 0 Å². The van der Waals surface area contributed by atoms with Crippen LogP contribution in [-0.2, 0) is 0 Å². The fourth-order valence-corrected chi connectivity index (χ4v) is 4.75. The Morgan fingerprint density at radius 2 is 2.10 bits per heavy atom. The van der Waals surface area contributed by atoms with Gasteiger partial charge in [-0.3, -0.25) is 0 Å². The lowest BCUT2D eigenvalue weighted by Crippen LogP contribution is -2.51. The molecule has 0 aliphatic carbocycles. The summed E-state index contributed by atoms with van der Waals surface area (Å²) in [7, 11) is 0. The number of nitrogens with one attached hydrogen (secondary N) is 1. The van der Waals surface area contributed by atoms with Crippen LogP contribution < -0.4 is 10.2 Å². The van der Waals surface area contributed by atoms with E-state index in [0.717, 1.165) is 5.52 Å². The van der Waals surface area contributed by atoms with Gasteiger partial charge in [0.2, 0.25) is 0 Å². The third kappa shape index (κ3) is 2.11. The van der Waals surface area contributed by atoms with E-state index in [0.29, 0.717) is 5.41 Å². The van der Waals surface area contributed by atoms with Gasteiger partial charge in [0.25, 0.3) is 0 Å². The van der Waals surface area contributed by atoms with Crippen molar-refractivity contribution in [2.45, 2.75) is 25.7 Å². The standard InChI is InChI=1S/C16H21N3S/c1-2-6-14-13(5-1)15(20-18-14)19-10-4-8-16(12-19)7-3-9-17-11-16/h1-2,5-6,17H,3-4,7-12H2. The van der Waals surface area contributed by atoms with E-state index in [-0.39, 0.29) is 0 Å². The smallest absolute Gasteiger partial charge is 0.119 e. The van der Waals surface area contributed by atoms with E-state index >= 15 is 0 Å². The van der Waals surface area contributed by atoms with E-state index in [2.05, 4.69) is 38.9 Å². The van der Waals surface area contributed by atoms with Crippen molar-refractivity contribution in [3.8, 4) is 0 Å². The summed E-state index contributed by atoms with van der Waals surface area (Å²) in [6, 6.07) is 8.54. The van der Waals surface area contributed by atoms with Crippen molar-refractivity contribution in [3.05, 3.63) is 24.3 Å². The predicted molar refractivity (Wildman–Crippen MR) is 85.6 cm³/mol. The van der Waals surface area contributed by atoms with Gasteiger partial charge in [-0.25, -0.2) is 0 Å². The van der Waals surface area contributed by atoms with E-state index in [1.54, 1.807) is 11.5 Å². The maximum absolute atomic E-state index is 4.61. The van der Waals surface area contributed by atoms with Gasteiger partial charge in [-0.2, -0.15) is 4.37 Å². The van der Waals surface area contributed by atoms with Gasteiger partial charge >= 0.3 is 0 Å². The number of rotatable bonds is 1. The minimum Gasteiger partial charge on any atom is -0.361 e. The molecule has 0 saturated carbocycles. The molecule has 3 nitrogen and oxygen atoms in total. The highest BCUT2D eigenvalue weighted by molar-refractivity contribution is 7.11. The second kappa shape index (κ2) is 5.01. The Balaban J connectivity index is 1.64. The number of benzene rings is 1. The van der Waals surface area contributed by atoms with E-state index < -0.39 is 0 Å². The molecule has 0 amide bonds. The zero-order chi connectivity index (χ0) is 13.4. The number of nitrogens with zero attached hydrogens (tertiary/aromatic N) is 2. The average molecular weight is 287 g/mol. The molecule has 1 atom stereocenters. The van der Waals surface area contributed by atoms with Crippen molar-refractivity contribution in [2.24, 2.45) is 5.41 Å². The molecule has 4 rings (SSSR count). The maximum atomic E-state index is 4.61. The molecule has 0 bridgehead atoms. The zero-order valence-corrected chi connectivity index (χ0v) is 12.6. The molecule has 4 heteroatoms. The fourth-order valence-electron chi connectivity index (χ4n) is 3.86. The molecule has 1 aromatic carbocycles. The number of piperidine rings is 2. The highest BCUT2D eigenvalue weighted by Crippen LogP contribution is 2.40. The van der Waals surface area contributed by atoms with Crippen LogP contribution in [0.2, 0.25) is 0 Å². The van der Waals surface area contributed by atoms with Crippen molar-refractivity contribution in [2.75, 3.05) is 31.1 Å². The van der Waals surface area contributed by atoms with Gasteiger partial charge in [0.1, 0.15) is 5.00 Å². The molecule has 1 unspecified atom stereocenters. The summed E-state index contributed by atoms with van der Waals surface area (Å²) in [6.07, 6.45) is 5.41. The first-order valence-corrected chi connectivity index (χ1v) is 8.44. The second-order valence-electron chi connectivity index (χ2n) is 6.31. The minimum absolute atomic E-state index is 0.502. The first kappa shape index (κ1) is 12.6. The van der Waals surface area contributed by atoms with Crippen molar-refractivity contribution < 1.29 is 0 Å². The summed E-state index contributed by atoms with van der Waals surface area (Å²) >= 11 is 1.67. The van der Waals surface area contributed by atoms with Crippen LogP contribution in [0.15, 0.2) is 24.3 Å². The van der Waals surface area contributed by atoms with Gasteiger partial charge < -0.3 is 10.2 Å². The molecule has 2 fully saturated rings. The first-order chi connectivity index (χ1) is 9.86. The lowest BCUT2D eigenvalue weighted by Gasteiger charge is -2.45. The van der Waals surface area contributed by atoms with Gasteiger partial charge in [0.05, 0.1) is 5.52 Å². The Morgan fingerprint density at radius 1 is 1.20 bits per heavy atom. The Labute approximate surface area is 124 Å². The topological polar surface area (TPSA) is 28.2 Å². The number of fused-ring (bicyclic) bond motifs is 1. The predicted octanol–water partition coefficient (Wildman–Crippen LogP) is 3.27. The van der Waals surface area contributed by atoms with Crippen molar-refractivity contribution in [3.63, 3.8) is 0 Å². The van der Waals surface area contributed by atoms with Crippen LogP contribution in [0.1, 0.15) is 25.7 Å². The Morgan fingerprint density at radius 3 is 3.00 bits per heavy atom. The monoisotopic (exact) mass is 287 g/mol. The molecule has 20 heavy (non-hydrogen) atoms. The average Bonchev–Trinajstić information content (AvgIpc) is 2.92. The Kier molecular flexibility index (Phi) is 3.15. The van der Waals surface area contributed by atoms with E-state index in [9.17, 15) is 0 Å². The third-order valence-corrected chi connectivity index (χ3v) is 5.81. The lowest BCUT2D eigenvalue weighted by molar-refractivity contribution is 0.174. The lowest BCUT2D eigenvalue weighted by atomic mass is 9.74. The summed E-state index contributed by atoms with van der Waals surface area (Å²) in [4.78, 5) is 2.59. The molecule has 2 aliphatic rings. The molecule has 3 heterocycles. The fraction of sp³-hybridized carbons (Fsp3) is 0.562. The highest BCUT2D eigenvalue weighted by Gasteiger charge is 2.37. The number of aromatic nitrogens is 1. The van der Waals surface area contributed by atoms with Crippen LogP contribution in [-0.4, -0.2) is 30.6 Å². The number of anilines is 1. The molecule has 1 aromatic heterocycles. The molecule has 0 radical (unpaired) electrons. The van der Waals surface area contributed by atoms with Crippen LogP contribution in [0.5, 0.6) is 0 Å². The largest absolute Gasteiger partial charge is 0.361 e. The summed E-state index contributed by atoms with van der Waals surface area (Å²) in [5.41, 5.74) is 1.65. The molecule has 1 spiro atoms. The second-order valence-corrected chi connectivity index (χ2v) is 7.06. The molecular weight excluding hydrogens is 266 g/mol. The SMILES string of the molecule is c1ccc2c(N3CCCC4(CCCNC4)C3)snc2c1. The Hall–Kier alpha value is -1.13. The first-order valence-electron chi connectivity index (χ1n) is 7.67. The van der Waals surface area contributed by atoms with Crippen LogP contribution >= 0.6 is 11.5 Å². The van der Waals surface area contributed by atoms with E-state index in [1.807, 2.05) is 0 Å². The van der Waals surface area contributed by atoms with E-state index in [4.69, 9.17) is 0 Å². The Bertz CT molecular complexity index is 595. The molecular formula is C16H21N3S. The molecule has 2 aliphatic heterocycles. The summed E-state index contributed by atoms with van der Waals surface area (Å²) in [5.74, 6) is 0. The summed E-state index contributed by atoms with van der Waals surface area (Å²) in [5, 5.41) is 6.32. The summed E-state index contributed by atoms with van der Waals surface area (Å²) < 4.78 is 4.61. The highest BCUT2D eigenvalue weighted by atomic mass is 32.1. The van der Waals surface area contributed by atoms with Crippen LogP contribution in [0.3, 0.4) is 0 Å². The van der Waals surface area contributed by atoms with Crippen LogP contribution in [0.4, 0.5) is 5.00 Å². The molecule has 1 N–H and O–H groups in total. The normalized spacial score (nSPS) is 27.3. The van der Waals surface area contributed by atoms with Crippen molar-refractivity contribution >= 4 is 27.4 Å². The van der Waals surface area contributed by atoms with Crippen LogP contribution in [0, 0.1) is 5.41 Å². The van der Waals surface area contributed by atoms with Gasteiger partial charge in [-0.05, 0) is 55.9 Å². The molecule has 2 aromatic rings. The molecule has 2 saturated heterocycles. The summed E-state index contributed by atoms with van der Waals surface area (Å²) in [6.45, 7) is 4.78. The minimum atomic E-state index is 0.502. The third-order valence-electron chi connectivity index (χ3n) is 4.87. The number of hydrogen-bond acceptors (Lipinski definition) is 4. The molecule has 106 valence electrons. The number of hydrogen-bond donors (Lipinski definition) is 1.